The predicted octanol–water partition coefficient (Wildman–Crippen LogP) is 4.48. The minimum Gasteiger partial charge on any atom is -0.465 e. The number of ether oxygens (including phenoxy) is 1. The largest absolute Gasteiger partial charge is 0.465 e. The SMILES string of the molecule is CCn1c(=NC(=O)c2ccc(C(=O)c3ccccc3)cc2)sc2cc(C(=O)OC)ccc21. The fourth-order valence-corrected chi connectivity index (χ4v) is 4.51. The van der Waals surface area contributed by atoms with E-state index in [4.69, 9.17) is 4.74 Å². The number of carbonyl (C=O) groups excluding carboxylic acids is 3. The number of esters is 1. The van der Waals surface area contributed by atoms with Gasteiger partial charge < -0.3 is 9.30 Å². The highest BCUT2D eigenvalue weighted by molar-refractivity contribution is 7.16. The van der Waals surface area contributed by atoms with Crippen LogP contribution in [0.5, 0.6) is 0 Å². The van der Waals surface area contributed by atoms with Crippen LogP contribution in [0.4, 0.5) is 0 Å². The van der Waals surface area contributed by atoms with Gasteiger partial charge in [0.1, 0.15) is 0 Å². The van der Waals surface area contributed by atoms with Crippen LogP contribution in [0, 0.1) is 0 Å². The number of amides is 1. The fourth-order valence-electron chi connectivity index (χ4n) is 3.38. The van der Waals surface area contributed by atoms with Crippen molar-refractivity contribution in [1.82, 2.24) is 4.57 Å². The van der Waals surface area contributed by atoms with Crippen LogP contribution in [0.2, 0.25) is 0 Å². The molecule has 4 rings (SSSR count). The molecule has 0 aliphatic rings. The summed E-state index contributed by atoms with van der Waals surface area (Å²) in [7, 11) is 1.34. The Morgan fingerprint density at radius 3 is 2.16 bits per heavy atom. The lowest BCUT2D eigenvalue weighted by Gasteiger charge is -2.03. The zero-order valence-electron chi connectivity index (χ0n) is 17.6. The van der Waals surface area contributed by atoms with E-state index in [-0.39, 0.29) is 5.78 Å². The second kappa shape index (κ2) is 9.11. The molecule has 32 heavy (non-hydrogen) atoms. The van der Waals surface area contributed by atoms with Gasteiger partial charge in [0.2, 0.25) is 0 Å². The topological polar surface area (TPSA) is 77.7 Å². The van der Waals surface area contributed by atoms with Gasteiger partial charge in [-0.05, 0) is 37.3 Å². The molecule has 0 radical (unpaired) electrons. The third-order valence-electron chi connectivity index (χ3n) is 5.05. The summed E-state index contributed by atoms with van der Waals surface area (Å²) in [6.07, 6.45) is 0. The quantitative estimate of drug-likeness (QED) is 0.336. The monoisotopic (exact) mass is 444 g/mol. The minimum absolute atomic E-state index is 0.101. The number of thiazole rings is 1. The highest BCUT2D eigenvalue weighted by Gasteiger charge is 2.13. The number of aryl methyl sites for hydroxylation is 1. The zero-order chi connectivity index (χ0) is 22.7. The second-order valence-electron chi connectivity index (χ2n) is 6.99. The number of hydrogen-bond acceptors (Lipinski definition) is 5. The number of hydrogen-bond donors (Lipinski definition) is 0. The van der Waals surface area contributed by atoms with Crippen molar-refractivity contribution in [3.8, 4) is 0 Å². The van der Waals surface area contributed by atoms with E-state index in [1.54, 1.807) is 48.5 Å². The summed E-state index contributed by atoms with van der Waals surface area (Å²) in [6, 6.07) is 20.8. The number of benzene rings is 3. The van der Waals surface area contributed by atoms with Crippen molar-refractivity contribution >= 4 is 39.2 Å². The van der Waals surface area contributed by atoms with Crippen molar-refractivity contribution in [3.05, 3.63) is 99.9 Å². The van der Waals surface area contributed by atoms with Crippen molar-refractivity contribution < 1.29 is 19.1 Å². The van der Waals surface area contributed by atoms with Crippen molar-refractivity contribution in [1.29, 1.82) is 0 Å². The lowest BCUT2D eigenvalue weighted by atomic mass is 10.0. The average Bonchev–Trinajstić information content (AvgIpc) is 3.19. The molecule has 0 saturated heterocycles. The summed E-state index contributed by atoms with van der Waals surface area (Å²) in [5.41, 5.74) is 2.83. The minimum atomic E-state index is -0.414. The van der Waals surface area contributed by atoms with E-state index in [2.05, 4.69) is 4.99 Å². The van der Waals surface area contributed by atoms with E-state index in [1.807, 2.05) is 35.8 Å². The molecule has 0 N–H and O–H groups in total. The van der Waals surface area contributed by atoms with Gasteiger partial charge in [0.15, 0.2) is 10.6 Å². The van der Waals surface area contributed by atoms with Crippen molar-refractivity contribution in [2.45, 2.75) is 13.5 Å². The first kappa shape index (κ1) is 21.4. The van der Waals surface area contributed by atoms with Crippen LogP contribution >= 0.6 is 11.3 Å². The Morgan fingerprint density at radius 2 is 1.50 bits per heavy atom. The Bertz CT molecular complexity index is 1380. The molecule has 3 aromatic carbocycles. The number of nitrogens with zero attached hydrogens (tertiary/aromatic N) is 2. The Morgan fingerprint density at radius 1 is 0.875 bits per heavy atom. The number of ketones is 1. The lowest BCUT2D eigenvalue weighted by Crippen LogP contribution is -2.16. The number of methoxy groups -OCH3 is 1. The van der Waals surface area contributed by atoms with Crippen molar-refractivity contribution in [2.75, 3.05) is 7.11 Å². The molecule has 160 valence electrons. The highest BCUT2D eigenvalue weighted by atomic mass is 32.1. The van der Waals surface area contributed by atoms with Crippen LogP contribution < -0.4 is 4.80 Å². The molecule has 0 unspecified atom stereocenters. The summed E-state index contributed by atoms with van der Waals surface area (Å²) in [5, 5.41) is 0. The first-order chi connectivity index (χ1) is 15.5. The summed E-state index contributed by atoms with van der Waals surface area (Å²) >= 11 is 1.33. The predicted molar refractivity (Wildman–Crippen MR) is 123 cm³/mol. The van der Waals surface area contributed by atoms with E-state index in [1.165, 1.54) is 18.4 Å². The van der Waals surface area contributed by atoms with E-state index < -0.39 is 11.9 Å². The van der Waals surface area contributed by atoms with Crippen LogP contribution in [0.25, 0.3) is 10.2 Å². The van der Waals surface area contributed by atoms with Gasteiger partial charge in [-0.2, -0.15) is 4.99 Å². The number of carbonyl (C=O) groups is 3. The van der Waals surface area contributed by atoms with Crippen molar-refractivity contribution in [3.63, 3.8) is 0 Å². The van der Waals surface area contributed by atoms with E-state index >= 15 is 0 Å². The molecular formula is C25H20N2O4S. The summed E-state index contributed by atoms with van der Waals surface area (Å²) in [6.45, 7) is 2.59. The Hall–Kier alpha value is -3.84. The highest BCUT2D eigenvalue weighted by Crippen LogP contribution is 2.20. The molecule has 0 bridgehead atoms. The molecule has 0 atom stereocenters. The molecule has 0 fully saturated rings. The molecule has 1 amide bonds. The smallest absolute Gasteiger partial charge is 0.337 e. The molecule has 1 aromatic heterocycles. The van der Waals surface area contributed by atoms with Crippen LogP contribution in [0.1, 0.15) is 43.6 Å². The van der Waals surface area contributed by atoms with Gasteiger partial charge in [0.05, 0.1) is 22.9 Å². The van der Waals surface area contributed by atoms with Crippen LogP contribution in [-0.2, 0) is 11.3 Å². The Labute approximate surface area is 188 Å². The van der Waals surface area contributed by atoms with Crippen LogP contribution in [0.3, 0.4) is 0 Å². The summed E-state index contributed by atoms with van der Waals surface area (Å²) < 4.78 is 7.54. The van der Waals surface area contributed by atoms with Crippen LogP contribution in [0.15, 0.2) is 77.8 Å². The maximum atomic E-state index is 12.8. The van der Waals surface area contributed by atoms with Gasteiger partial charge in [0, 0.05) is 23.2 Å². The number of aromatic nitrogens is 1. The molecule has 0 spiro atoms. The molecule has 7 heteroatoms. The van der Waals surface area contributed by atoms with Gasteiger partial charge >= 0.3 is 5.97 Å². The van der Waals surface area contributed by atoms with E-state index in [9.17, 15) is 14.4 Å². The van der Waals surface area contributed by atoms with Gasteiger partial charge in [-0.1, -0.05) is 53.8 Å². The maximum Gasteiger partial charge on any atom is 0.337 e. The fraction of sp³-hybridized carbons (Fsp3) is 0.120. The Kier molecular flexibility index (Phi) is 6.09. The molecule has 6 nitrogen and oxygen atoms in total. The van der Waals surface area contributed by atoms with E-state index in [0.29, 0.717) is 33.6 Å². The molecule has 0 aliphatic heterocycles. The van der Waals surface area contributed by atoms with Gasteiger partial charge in [-0.25, -0.2) is 4.79 Å². The third-order valence-corrected chi connectivity index (χ3v) is 6.09. The summed E-state index contributed by atoms with van der Waals surface area (Å²) in [4.78, 5) is 42.0. The van der Waals surface area contributed by atoms with Gasteiger partial charge in [-0.15, -0.1) is 0 Å². The molecule has 4 aromatic rings. The standard InChI is InChI=1S/C25H20N2O4S/c1-3-27-20-14-13-19(24(30)31-2)15-21(20)32-25(27)26-23(29)18-11-9-17(10-12-18)22(28)16-7-5-4-6-8-16/h4-15H,3H2,1-2H3. The van der Waals surface area contributed by atoms with Crippen molar-refractivity contribution in [2.24, 2.45) is 4.99 Å². The Balaban J connectivity index is 1.65. The zero-order valence-corrected chi connectivity index (χ0v) is 18.4. The normalized spacial score (nSPS) is 11.5. The lowest BCUT2D eigenvalue weighted by molar-refractivity contribution is 0.0600. The molecule has 0 aliphatic carbocycles. The third kappa shape index (κ3) is 4.15. The first-order valence-electron chi connectivity index (χ1n) is 10.0. The summed E-state index contributed by atoms with van der Waals surface area (Å²) in [5.74, 6) is -0.912. The van der Waals surface area contributed by atoms with Gasteiger partial charge in [-0.3, -0.25) is 9.59 Å². The van der Waals surface area contributed by atoms with Gasteiger partial charge in [0.25, 0.3) is 5.91 Å². The molecular weight excluding hydrogens is 424 g/mol. The maximum absolute atomic E-state index is 12.8. The first-order valence-corrected chi connectivity index (χ1v) is 10.8. The number of fused-ring (bicyclic) bond motifs is 1. The molecule has 1 heterocycles. The van der Waals surface area contributed by atoms with Crippen LogP contribution in [-0.4, -0.2) is 29.3 Å². The van der Waals surface area contributed by atoms with E-state index in [0.717, 1.165) is 10.2 Å². The average molecular weight is 445 g/mol. The molecule has 0 saturated carbocycles. The number of rotatable bonds is 5. The second-order valence-corrected chi connectivity index (χ2v) is 8.00.